The summed E-state index contributed by atoms with van der Waals surface area (Å²) in [6.45, 7) is 6.50. The maximum atomic E-state index is 5.81. The van der Waals surface area contributed by atoms with Crippen molar-refractivity contribution in [3.63, 3.8) is 0 Å². The number of hydrogen-bond acceptors (Lipinski definition) is 0. The zero-order chi connectivity index (χ0) is 9.84. The van der Waals surface area contributed by atoms with Gasteiger partial charge in [-0.2, -0.15) is 0 Å². The second-order valence-corrected chi connectivity index (χ2v) is 3.70. The summed E-state index contributed by atoms with van der Waals surface area (Å²) < 4.78 is 0. The van der Waals surface area contributed by atoms with E-state index in [-0.39, 0.29) is 0 Å². The first-order valence-corrected chi connectivity index (χ1v) is 4.95. The van der Waals surface area contributed by atoms with E-state index in [0.717, 1.165) is 11.4 Å². The molecule has 0 saturated carbocycles. The molecule has 0 heterocycles. The maximum Gasteiger partial charge on any atom is 0.0406 e. The Morgan fingerprint density at radius 3 is 2.15 bits per heavy atom. The van der Waals surface area contributed by atoms with Gasteiger partial charge in [-0.1, -0.05) is 36.2 Å². The highest BCUT2D eigenvalue weighted by Crippen LogP contribution is 2.21. The molecular weight excluding hydrogens is 180 g/mol. The van der Waals surface area contributed by atoms with Gasteiger partial charge < -0.3 is 0 Å². The predicted molar refractivity (Wildman–Crippen MR) is 60.0 cm³/mol. The van der Waals surface area contributed by atoms with Crippen molar-refractivity contribution >= 4 is 17.2 Å². The van der Waals surface area contributed by atoms with Gasteiger partial charge in [0.1, 0.15) is 0 Å². The molecule has 1 aromatic rings. The van der Waals surface area contributed by atoms with Crippen molar-refractivity contribution < 1.29 is 0 Å². The van der Waals surface area contributed by atoms with Gasteiger partial charge in [0.15, 0.2) is 0 Å². The fourth-order valence-corrected chi connectivity index (χ4v) is 1.34. The fraction of sp³-hybridized carbons (Fsp3) is 0.333. The molecule has 1 aromatic carbocycles. The van der Waals surface area contributed by atoms with Crippen LogP contribution in [0.5, 0.6) is 0 Å². The van der Waals surface area contributed by atoms with Gasteiger partial charge in [-0.3, -0.25) is 0 Å². The summed E-state index contributed by atoms with van der Waals surface area (Å²) in [5.41, 5.74) is 4.06. The Labute approximate surface area is 85.2 Å². The topological polar surface area (TPSA) is 0 Å². The fourth-order valence-electron chi connectivity index (χ4n) is 1.21. The van der Waals surface area contributed by atoms with Crippen LogP contribution in [0, 0.1) is 0 Å². The van der Waals surface area contributed by atoms with E-state index in [4.69, 9.17) is 11.6 Å². The van der Waals surface area contributed by atoms with Crippen molar-refractivity contribution in [2.45, 2.75) is 27.2 Å². The predicted octanol–water partition coefficient (Wildman–Crippen LogP) is 4.54. The lowest BCUT2D eigenvalue weighted by Crippen LogP contribution is -1.83. The standard InChI is InChI=1S/C12H15Cl/c1-4-9(2)10(3)11-5-7-12(13)8-6-11/h5-8H,4H2,1-3H3/b10-9-. The zero-order valence-electron chi connectivity index (χ0n) is 8.39. The number of hydrogen-bond donors (Lipinski definition) is 0. The average molecular weight is 195 g/mol. The van der Waals surface area contributed by atoms with Crippen LogP contribution in [-0.2, 0) is 0 Å². The number of halogens is 1. The molecule has 0 bridgehead atoms. The lowest BCUT2D eigenvalue weighted by molar-refractivity contribution is 1.10. The van der Waals surface area contributed by atoms with Crippen LogP contribution in [0.25, 0.3) is 5.57 Å². The Morgan fingerprint density at radius 1 is 1.15 bits per heavy atom. The van der Waals surface area contributed by atoms with Crippen LogP contribution >= 0.6 is 11.6 Å². The van der Waals surface area contributed by atoms with Gasteiger partial charge in [0.25, 0.3) is 0 Å². The van der Waals surface area contributed by atoms with Gasteiger partial charge in [0.05, 0.1) is 0 Å². The zero-order valence-corrected chi connectivity index (χ0v) is 9.15. The third kappa shape index (κ3) is 2.60. The van der Waals surface area contributed by atoms with Gasteiger partial charge in [-0.15, -0.1) is 0 Å². The van der Waals surface area contributed by atoms with Gasteiger partial charge in [-0.05, 0) is 43.5 Å². The van der Waals surface area contributed by atoms with Crippen molar-refractivity contribution in [1.29, 1.82) is 0 Å². The Morgan fingerprint density at radius 2 is 1.69 bits per heavy atom. The minimum Gasteiger partial charge on any atom is -0.0843 e. The van der Waals surface area contributed by atoms with E-state index >= 15 is 0 Å². The molecule has 0 N–H and O–H groups in total. The quantitative estimate of drug-likeness (QED) is 0.648. The third-order valence-electron chi connectivity index (χ3n) is 2.45. The lowest BCUT2D eigenvalue weighted by Gasteiger charge is -2.05. The smallest absolute Gasteiger partial charge is 0.0406 e. The van der Waals surface area contributed by atoms with Crippen LogP contribution in [0.3, 0.4) is 0 Å². The Hall–Kier alpha value is -0.750. The second kappa shape index (κ2) is 4.48. The molecule has 0 spiro atoms. The van der Waals surface area contributed by atoms with Crippen LogP contribution in [-0.4, -0.2) is 0 Å². The van der Waals surface area contributed by atoms with Crippen LogP contribution in [0.2, 0.25) is 5.02 Å². The molecule has 70 valence electrons. The first kappa shape index (κ1) is 10.3. The molecule has 0 aliphatic heterocycles. The average Bonchev–Trinajstić information content (AvgIpc) is 2.17. The van der Waals surface area contributed by atoms with Gasteiger partial charge in [-0.25, -0.2) is 0 Å². The molecule has 0 nitrogen and oxygen atoms in total. The number of rotatable bonds is 2. The van der Waals surface area contributed by atoms with Crippen molar-refractivity contribution in [3.8, 4) is 0 Å². The third-order valence-corrected chi connectivity index (χ3v) is 2.70. The van der Waals surface area contributed by atoms with Crippen molar-refractivity contribution in [2.24, 2.45) is 0 Å². The SMILES string of the molecule is CC/C(C)=C(/C)c1ccc(Cl)cc1. The van der Waals surface area contributed by atoms with Gasteiger partial charge >= 0.3 is 0 Å². The highest BCUT2D eigenvalue weighted by molar-refractivity contribution is 6.30. The maximum absolute atomic E-state index is 5.81. The summed E-state index contributed by atoms with van der Waals surface area (Å²) in [7, 11) is 0. The van der Waals surface area contributed by atoms with E-state index in [2.05, 4.69) is 32.9 Å². The highest BCUT2D eigenvalue weighted by Gasteiger charge is 1.98. The van der Waals surface area contributed by atoms with Crippen molar-refractivity contribution in [1.82, 2.24) is 0 Å². The summed E-state index contributed by atoms with van der Waals surface area (Å²) in [5.74, 6) is 0. The van der Waals surface area contributed by atoms with Crippen molar-refractivity contribution in [2.75, 3.05) is 0 Å². The van der Waals surface area contributed by atoms with Gasteiger partial charge in [0, 0.05) is 5.02 Å². The van der Waals surface area contributed by atoms with E-state index < -0.39 is 0 Å². The molecule has 1 rings (SSSR count). The molecule has 0 unspecified atom stereocenters. The highest BCUT2D eigenvalue weighted by atomic mass is 35.5. The second-order valence-electron chi connectivity index (χ2n) is 3.27. The lowest BCUT2D eigenvalue weighted by atomic mass is 10.0. The summed E-state index contributed by atoms with van der Waals surface area (Å²) >= 11 is 5.81. The molecule has 0 saturated heterocycles. The Kier molecular flexibility index (Phi) is 3.56. The van der Waals surface area contributed by atoms with Crippen LogP contribution in [0.4, 0.5) is 0 Å². The Balaban J connectivity index is 3.02. The van der Waals surface area contributed by atoms with Crippen LogP contribution < -0.4 is 0 Å². The van der Waals surface area contributed by atoms with E-state index in [0.29, 0.717) is 0 Å². The molecule has 0 aliphatic carbocycles. The molecular formula is C12H15Cl. The first-order valence-electron chi connectivity index (χ1n) is 4.57. The molecule has 0 fully saturated rings. The van der Waals surface area contributed by atoms with Crippen molar-refractivity contribution in [3.05, 3.63) is 40.4 Å². The molecule has 0 aromatic heterocycles. The Bertz CT molecular complexity index is 306. The molecule has 0 radical (unpaired) electrons. The molecule has 0 amide bonds. The number of benzene rings is 1. The summed E-state index contributed by atoms with van der Waals surface area (Å²) in [5, 5.41) is 0.797. The normalized spacial score (nSPS) is 12.6. The summed E-state index contributed by atoms with van der Waals surface area (Å²) in [4.78, 5) is 0. The molecule has 0 aliphatic rings. The van der Waals surface area contributed by atoms with E-state index in [1.165, 1.54) is 16.7 Å². The van der Waals surface area contributed by atoms with E-state index in [9.17, 15) is 0 Å². The minimum atomic E-state index is 0.797. The first-order chi connectivity index (χ1) is 6.15. The summed E-state index contributed by atoms with van der Waals surface area (Å²) in [6.07, 6.45) is 1.11. The van der Waals surface area contributed by atoms with Crippen LogP contribution in [0.15, 0.2) is 29.8 Å². The minimum absolute atomic E-state index is 0.797. The molecule has 13 heavy (non-hydrogen) atoms. The summed E-state index contributed by atoms with van der Waals surface area (Å²) in [6, 6.07) is 8.00. The molecule has 0 atom stereocenters. The number of allylic oxidation sites excluding steroid dienone is 2. The van der Waals surface area contributed by atoms with E-state index in [1.807, 2.05) is 12.1 Å². The monoisotopic (exact) mass is 194 g/mol. The largest absolute Gasteiger partial charge is 0.0843 e. The molecule has 1 heteroatoms. The van der Waals surface area contributed by atoms with E-state index in [1.54, 1.807) is 0 Å². The van der Waals surface area contributed by atoms with Crippen LogP contribution in [0.1, 0.15) is 32.8 Å². The van der Waals surface area contributed by atoms with Gasteiger partial charge in [0.2, 0.25) is 0 Å².